The molecule has 0 aromatic carbocycles. The second kappa shape index (κ2) is 59.1. The highest BCUT2D eigenvalue weighted by molar-refractivity contribution is 5.71. The zero-order chi connectivity index (χ0) is 52.2. The average Bonchev–Trinajstić information content (AvgIpc) is 3.38. The van der Waals surface area contributed by atoms with E-state index in [2.05, 4.69) is 154 Å². The fraction of sp³-hybridized carbons (Fsp3) is 0.621. The quantitative estimate of drug-likeness (QED) is 0.0261. The third kappa shape index (κ3) is 56.5. The first-order valence-corrected chi connectivity index (χ1v) is 29.2. The Hall–Kier alpha value is -4.45. The molecule has 0 aliphatic carbocycles. The topological polar surface area (TPSA) is 78.9 Å². The molecular formula is C66H106O6. The van der Waals surface area contributed by atoms with Crippen LogP contribution in [0.1, 0.15) is 245 Å². The Bertz CT molecular complexity index is 1560. The van der Waals surface area contributed by atoms with Crippen molar-refractivity contribution in [2.45, 2.75) is 252 Å². The van der Waals surface area contributed by atoms with Gasteiger partial charge in [0.25, 0.3) is 0 Å². The summed E-state index contributed by atoms with van der Waals surface area (Å²) in [4.78, 5) is 38.2. The van der Waals surface area contributed by atoms with Crippen molar-refractivity contribution in [3.63, 3.8) is 0 Å². The molecule has 0 aromatic heterocycles. The predicted octanol–water partition coefficient (Wildman–Crippen LogP) is 19.8. The predicted molar refractivity (Wildman–Crippen MR) is 311 cm³/mol. The summed E-state index contributed by atoms with van der Waals surface area (Å²) in [5, 5.41) is 0. The number of hydrogen-bond donors (Lipinski definition) is 0. The van der Waals surface area contributed by atoms with E-state index in [1.165, 1.54) is 70.6 Å². The summed E-state index contributed by atoms with van der Waals surface area (Å²) in [7, 11) is 0. The molecule has 0 saturated heterocycles. The summed E-state index contributed by atoms with van der Waals surface area (Å²) >= 11 is 0. The Labute approximate surface area is 443 Å². The molecule has 6 heteroatoms. The molecule has 0 amide bonds. The summed E-state index contributed by atoms with van der Waals surface area (Å²) < 4.78 is 16.8. The molecule has 6 nitrogen and oxygen atoms in total. The maximum atomic E-state index is 12.9. The van der Waals surface area contributed by atoms with Crippen LogP contribution in [0.4, 0.5) is 0 Å². The van der Waals surface area contributed by atoms with Crippen LogP contribution < -0.4 is 0 Å². The van der Waals surface area contributed by atoms with Crippen molar-refractivity contribution >= 4 is 17.9 Å². The minimum absolute atomic E-state index is 0.120. The van der Waals surface area contributed by atoms with Gasteiger partial charge >= 0.3 is 17.9 Å². The third-order valence-electron chi connectivity index (χ3n) is 11.9. The SMILES string of the molecule is CC/C=C\C/C=C\C/C=C\C/C=C\C/C=C\CCCCCC(=O)OCC(COC(=O)CCC/C=C\C/C=C\C/C=C\C/C=C\C/C=C\CC)OC(=O)CCCCCCC/C=C\CCCCCCCCCCC. The van der Waals surface area contributed by atoms with Crippen LogP contribution in [0, 0.1) is 0 Å². The molecule has 72 heavy (non-hydrogen) atoms. The molecule has 0 aliphatic rings. The van der Waals surface area contributed by atoms with Crippen molar-refractivity contribution in [3.8, 4) is 0 Å². The second-order valence-electron chi connectivity index (χ2n) is 18.8. The lowest BCUT2D eigenvalue weighted by atomic mass is 10.1. The van der Waals surface area contributed by atoms with Crippen LogP contribution in [0.15, 0.2) is 134 Å². The highest BCUT2D eigenvalue weighted by Crippen LogP contribution is 2.14. The molecule has 0 aliphatic heterocycles. The van der Waals surface area contributed by atoms with E-state index >= 15 is 0 Å². The van der Waals surface area contributed by atoms with Crippen molar-refractivity contribution in [2.24, 2.45) is 0 Å². The first kappa shape index (κ1) is 67.5. The smallest absolute Gasteiger partial charge is 0.306 e. The second-order valence-corrected chi connectivity index (χ2v) is 18.8. The van der Waals surface area contributed by atoms with Gasteiger partial charge in [-0.2, -0.15) is 0 Å². The van der Waals surface area contributed by atoms with Gasteiger partial charge in [-0.1, -0.05) is 231 Å². The molecule has 0 N–H and O–H groups in total. The lowest BCUT2D eigenvalue weighted by Crippen LogP contribution is -2.30. The molecule has 0 saturated carbocycles. The Morgan fingerprint density at radius 2 is 0.556 bits per heavy atom. The van der Waals surface area contributed by atoms with Crippen LogP contribution in [0.3, 0.4) is 0 Å². The van der Waals surface area contributed by atoms with Crippen molar-refractivity contribution in [1.29, 1.82) is 0 Å². The molecule has 0 fully saturated rings. The largest absolute Gasteiger partial charge is 0.462 e. The van der Waals surface area contributed by atoms with E-state index in [4.69, 9.17) is 14.2 Å². The molecule has 0 rings (SSSR count). The van der Waals surface area contributed by atoms with E-state index in [0.29, 0.717) is 19.3 Å². The molecule has 0 heterocycles. The summed E-state index contributed by atoms with van der Waals surface area (Å²) in [5.41, 5.74) is 0. The summed E-state index contributed by atoms with van der Waals surface area (Å²) in [6.45, 7) is 6.33. The fourth-order valence-corrected chi connectivity index (χ4v) is 7.56. The van der Waals surface area contributed by atoms with Gasteiger partial charge < -0.3 is 14.2 Å². The first-order valence-electron chi connectivity index (χ1n) is 29.2. The zero-order valence-electron chi connectivity index (χ0n) is 46.4. The van der Waals surface area contributed by atoms with Crippen LogP contribution in [0.5, 0.6) is 0 Å². The number of ether oxygens (including phenoxy) is 3. The van der Waals surface area contributed by atoms with Gasteiger partial charge in [-0.25, -0.2) is 0 Å². The standard InChI is InChI=1S/C66H106O6/c1-4-7-10-13-16-19-22-25-28-31-33-36-38-41-44-47-50-53-56-59-65(68)71-62-63(61-70-64(67)58-55-52-49-46-43-40-37-34-30-27-24-21-18-15-12-9-6-3)72-66(69)60-57-54-51-48-45-42-39-35-32-29-26-23-20-17-14-11-8-5-2/h7,9-10,12,16,18-19,21,25,27-28,30,33,35-37,39-41,44,46,49,63H,4-6,8,11,13-15,17,20,22-24,26,29,31-32,34,38,42-43,45,47-48,50-62H2,1-3H3/b10-7-,12-9-,19-16-,21-18-,28-25-,30-27-,36-33-,39-35-,40-37-,44-41-,49-46-. The molecule has 1 atom stereocenters. The molecule has 0 spiro atoms. The molecule has 1 unspecified atom stereocenters. The van der Waals surface area contributed by atoms with Crippen LogP contribution in [0.2, 0.25) is 0 Å². The molecule has 0 radical (unpaired) electrons. The number of rotatable bonds is 51. The minimum atomic E-state index is -0.825. The van der Waals surface area contributed by atoms with Crippen LogP contribution >= 0.6 is 0 Å². The molecule has 0 aromatic rings. The molecule has 406 valence electrons. The minimum Gasteiger partial charge on any atom is -0.462 e. The summed E-state index contributed by atoms with van der Waals surface area (Å²) in [6.07, 6.45) is 83.0. The van der Waals surface area contributed by atoms with Crippen molar-refractivity contribution < 1.29 is 28.6 Å². The monoisotopic (exact) mass is 995 g/mol. The van der Waals surface area contributed by atoms with E-state index in [1.807, 2.05) is 0 Å². The van der Waals surface area contributed by atoms with Crippen molar-refractivity contribution in [1.82, 2.24) is 0 Å². The number of allylic oxidation sites excluding steroid dienone is 22. The Balaban J connectivity index is 4.56. The average molecular weight is 996 g/mol. The van der Waals surface area contributed by atoms with Crippen LogP contribution in [-0.4, -0.2) is 37.2 Å². The van der Waals surface area contributed by atoms with E-state index in [1.54, 1.807) is 0 Å². The van der Waals surface area contributed by atoms with E-state index in [9.17, 15) is 14.4 Å². The summed E-state index contributed by atoms with van der Waals surface area (Å²) in [5.74, 6) is -1.02. The molecule has 0 bridgehead atoms. The lowest BCUT2D eigenvalue weighted by molar-refractivity contribution is -0.167. The van der Waals surface area contributed by atoms with Crippen molar-refractivity contribution in [3.05, 3.63) is 134 Å². The number of hydrogen-bond acceptors (Lipinski definition) is 6. The third-order valence-corrected chi connectivity index (χ3v) is 11.9. The number of carbonyl (C=O) groups excluding carboxylic acids is 3. The van der Waals surface area contributed by atoms with Crippen molar-refractivity contribution in [2.75, 3.05) is 13.2 Å². The Kier molecular flexibility index (Phi) is 55.5. The van der Waals surface area contributed by atoms with Gasteiger partial charge in [0.1, 0.15) is 13.2 Å². The van der Waals surface area contributed by atoms with E-state index in [0.717, 1.165) is 128 Å². The Morgan fingerprint density at radius 1 is 0.292 bits per heavy atom. The normalized spacial score (nSPS) is 13.1. The highest BCUT2D eigenvalue weighted by Gasteiger charge is 2.19. The maximum absolute atomic E-state index is 12.9. The molecular weight excluding hydrogens is 889 g/mol. The van der Waals surface area contributed by atoms with Gasteiger partial charge in [-0.15, -0.1) is 0 Å². The highest BCUT2D eigenvalue weighted by atomic mass is 16.6. The van der Waals surface area contributed by atoms with Gasteiger partial charge in [0.2, 0.25) is 0 Å². The lowest BCUT2D eigenvalue weighted by Gasteiger charge is -2.18. The van der Waals surface area contributed by atoms with Gasteiger partial charge in [0.05, 0.1) is 0 Å². The number of esters is 3. The zero-order valence-corrected chi connectivity index (χ0v) is 46.4. The van der Waals surface area contributed by atoms with Gasteiger partial charge in [-0.05, 0) is 128 Å². The fourth-order valence-electron chi connectivity index (χ4n) is 7.56. The number of carbonyl (C=O) groups is 3. The number of unbranched alkanes of at least 4 members (excludes halogenated alkanes) is 18. The van der Waals surface area contributed by atoms with Gasteiger partial charge in [-0.3, -0.25) is 14.4 Å². The van der Waals surface area contributed by atoms with Gasteiger partial charge in [0, 0.05) is 19.3 Å². The van der Waals surface area contributed by atoms with Gasteiger partial charge in [0.15, 0.2) is 6.10 Å². The maximum Gasteiger partial charge on any atom is 0.306 e. The first-order chi connectivity index (χ1) is 35.5. The Morgan fingerprint density at radius 3 is 0.931 bits per heavy atom. The van der Waals surface area contributed by atoms with Crippen LogP contribution in [-0.2, 0) is 28.6 Å². The summed E-state index contributed by atoms with van der Waals surface area (Å²) in [6, 6.07) is 0. The van der Waals surface area contributed by atoms with Crippen LogP contribution in [0.25, 0.3) is 0 Å². The van der Waals surface area contributed by atoms with E-state index in [-0.39, 0.29) is 37.5 Å². The van der Waals surface area contributed by atoms with E-state index < -0.39 is 6.10 Å².